The largest absolute Gasteiger partial charge is 0.350 e. The van der Waals surface area contributed by atoms with Crippen LogP contribution in [0.1, 0.15) is 37.5 Å². The smallest absolute Gasteiger partial charge is 0.243 e. The highest BCUT2D eigenvalue weighted by Crippen LogP contribution is 2.25. The van der Waals surface area contributed by atoms with Crippen LogP contribution in [0.15, 0.2) is 72.8 Å². The van der Waals surface area contributed by atoms with Crippen LogP contribution in [-0.2, 0) is 29.0 Å². The quantitative estimate of drug-likeness (QED) is 0.350. The second-order valence-electron chi connectivity index (χ2n) is 9.48. The minimum atomic E-state index is -0.747. The van der Waals surface area contributed by atoms with Gasteiger partial charge in [0.05, 0.1) is 16.5 Å². The molecule has 1 unspecified atom stereocenters. The van der Waals surface area contributed by atoms with Crippen molar-refractivity contribution in [1.82, 2.24) is 10.2 Å². The molecular formula is C28H29Cl3N2O2. The summed E-state index contributed by atoms with van der Waals surface area (Å²) < 4.78 is 0. The Morgan fingerprint density at radius 1 is 0.829 bits per heavy atom. The van der Waals surface area contributed by atoms with E-state index in [4.69, 9.17) is 34.8 Å². The Kier molecular flexibility index (Phi) is 9.23. The van der Waals surface area contributed by atoms with Gasteiger partial charge >= 0.3 is 0 Å². The standard InChI is InChI=1S/C28H29Cl3N2O2/c1-28(2,3)32-27(35)25(16-19-9-5-4-6-10-19)33(18-21-11-7-8-12-22(21)29)26(34)17-20-13-14-23(30)24(31)15-20/h4-15,25H,16-18H2,1-3H3,(H,32,35). The van der Waals surface area contributed by atoms with Crippen LogP contribution in [0.25, 0.3) is 0 Å². The first-order chi connectivity index (χ1) is 16.5. The van der Waals surface area contributed by atoms with Crippen molar-refractivity contribution in [2.75, 3.05) is 0 Å². The summed E-state index contributed by atoms with van der Waals surface area (Å²) >= 11 is 18.7. The molecule has 0 aliphatic carbocycles. The molecule has 4 nitrogen and oxygen atoms in total. The molecule has 35 heavy (non-hydrogen) atoms. The van der Waals surface area contributed by atoms with Crippen molar-refractivity contribution in [2.45, 2.75) is 51.7 Å². The maximum absolute atomic E-state index is 13.8. The summed E-state index contributed by atoms with van der Waals surface area (Å²) in [7, 11) is 0. The highest BCUT2D eigenvalue weighted by atomic mass is 35.5. The summed E-state index contributed by atoms with van der Waals surface area (Å²) in [6.07, 6.45) is 0.426. The van der Waals surface area contributed by atoms with Crippen LogP contribution in [0, 0.1) is 0 Å². The molecule has 0 aromatic heterocycles. The zero-order valence-electron chi connectivity index (χ0n) is 20.0. The van der Waals surface area contributed by atoms with E-state index in [9.17, 15) is 9.59 Å². The minimum Gasteiger partial charge on any atom is -0.350 e. The number of nitrogens with zero attached hydrogens (tertiary/aromatic N) is 1. The van der Waals surface area contributed by atoms with E-state index >= 15 is 0 Å². The van der Waals surface area contributed by atoms with Gasteiger partial charge in [-0.25, -0.2) is 0 Å². The maximum atomic E-state index is 13.8. The molecule has 0 spiro atoms. The monoisotopic (exact) mass is 530 g/mol. The number of hydrogen-bond donors (Lipinski definition) is 1. The van der Waals surface area contributed by atoms with Crippen LogP contribution >= 0.6 is 34.8 Å². The van der Waals surface area contributed by atoms with Gasteiger partial charge < -0.3 is 10.2 Å². The zero-order chi connectivity index (χ0) is 25.6. The molecule has 0 bridgehead atoms. The van der Waals surface area contributed by atoms with Gasteiger partial charge in [-0.1, -0.05) is 89.4 Å². The number of nitrogens with one attached hydrogen (secondary N) is 1. The molecule has 3 aromatic carbocycles. The second kappa shape index (κ2) is 11.9. The van der Waals surface area contributed by atoms with Crippen LogP contribution in [-0.4, -0.2) is 28.3 Å². The number of carbonyl (C=O) groups excluding carboxylic acids is 2. The molecule has 2 amide bonds. The van der Waals surface area contributed by atoms with Crippen LogP contribution in [0.4, 0.5) is 0 Å². The van der Waals surface area contributed by atoms with E-state index in [-0.39, 0.29) is 24.8 Å². The van der Waals surface area contributed by atoms with Crippen molar-refractivity contribution in [2.24, 2.45) is 0 Å². The van der Waals surface area contributed by atoms with Crippen molar-refractivity contribution >= 4 is 46.6 Å². The average Bonchev–Trinajstić information content (AvgIpc) is 2.79. The van der Waals surface area contributed by atoms with Gasteiger partial charge in [0.2, 0.25) is 11.8 Å². The molecule has 1 N–H and O–H groups in total. The summed E-state index contributed by atoms with van der Waals surface area (Å²) in [6.45, 7) is 5.94. The van der Waals surface area contributed by atoms with Crippen molar-refractivity contribution in [3.8, 4) is 0 Å². The summed E-state index contributed by atoms with van der Waals surface area (Å²) in [4.78, 5) is 28.9. The third-order valence-corrected chi connectivity index (χ3v) is 6.51. The Labute approximate surface area is 222 Å². The number of rotatable bonds is 8. The fourth-order valence-electron chi connectivity index (χ4n) is 3.74. The molecule has 7 heteroatoms. The van der Waals surface area contributed by atoms with Crippen molar-refractivity contribution in [3.63, 3.8) is 0 Å². The summed E-state index contributed by atoms with van der Waals surface area (Å²) in [5.41, 5.74) is 1.96. The van der Waals surface area contributed by atoms with E-state index in [1.165, 1.54) is 0 Å². The molecule has 0 aliphatic rings. The molecule has 184 valence electrons. The Morgan fingerprint density at radius 2 is 1.49 bits per heavy atom. The van der Waals surface area contributed by atoms with E-state index in [0.717, 1.165) is 11.1 Å². The molecule has 3 rings (SSSR count). The van der Waals surface area contributed by atoms with E-state index in [2.05, 4.69) is 5.32 Å². The summed E-state index contributed by atoms with van der Waals surface area (Å²) in [6, 6.07) is 21.4. The minimum absolute atomic E-state index is 0.0649. The first-order valence-electron chi connectivity index (χ1n) is 11.4. The lowest BCUT2D eigenvalue weighted by molar-refractivity contribution is -0.141. The van der Waals surface area contributed by atoms with Crippen LogP contribution < -0.4 is 5.32 Å². The predicted molar refractivity (Wildman–Crippen MR) is 144 cm³/mol. The summed E-state index contributed by atoms with van der Waals surface area (Å²) in [5.74, 6) is -0.441. The average molecular weight is 532 g/mol. The predicted octanol–water partition coefficient (Wildman–Crippen LogP) is 6.74. The lowest BCUT2D eigenvalue weighted by Gasteiger charge is -2.34. The van der Waals surface area contributed by atoms with E-state index in [1.54, 1.807) is 29.2 Å². The van der Waals surface area contributed by atoms with Crippen LogP contribution in [0.5, 0.6) is 0 Å². The molecule has 0 aliphatic heterocycles. The topological polar surface area (TPSA) is 49.4 Å². The normalized spacial score (nSPS) is 12.2. The maximum Gasteiger partial charge on any atom is 0.243 e. The van der Waals surface area contributed by atoms with E-state index in [1.807, 2.05) is 69.3 Å². The number of amides is 2. The van der Waals surface area contributed by atoms with E-state index < -0.39 is 11.6 Å². The van der Waals surface area contributed by atoms with Crippen LogP contribution in [0.3, 0.4) is 0 Å². The van der Waals surface area contributed by atoms with Crippen LogP contribution in [0.2, 0.25) is 15.1 Å². The van der Waals surface area contributed by atoms with Gasteiger partial charge in [0.15, 0.2) is 0 Å². The van der Waals surface area contributed by atoms with E-state index in [0.29, 0.717) is 27.1 Å². The number of hydrogen-bond acceptors (Lipinski definition) is 2. The van der Waals surface area contributed by atoms with Crippen molar-refractivity contribution < 1.29 is 9.59 Å². The SMILES string of the molecule is CC(C)(C)NC(=O)C(Cc1ccccc1)N(Cc1ccccc1Cl)C(=O)Cc1ccc(Cl)c(Cl)c1. The van der Waals surface area contributed by atoms with Gasteiger partial charge in [-0.2, -0.15) is 0 Å². The molecule has 0 radical (unpaired) electrons. The van der Waals surface area contributed by atoms with Gasteiger partial charge in [0.1, 0.15) is 6.04 Å². The molecular weight excluding hydrogens is 503 g/mol. The fourth-order valence-corrected chi connectivity index (χ4v) is 4.26. The second-order valence-corrected chi connectivity index (χ2v) is 10.7. The lowest BCUT2D eigenvalue weighted by Crippen LogP contribution is -2.54. The number of halogens is 3. The first kappa shape index (κ1) is 27.1. The highest BCUT2D eigenvalue weighted by molar-refractivity contribution is 6.42. The lowest BCUT2D eigenvalue weighted by atomic mass is 10.00. The first-order valence-corrected chi connectivity index (χ1v) is 12.5. The zero-order valence-corrected chi connectivity index (χ0v) is 22.3. The van der Waals surface area contributed by atoms with Crippen molar-refractivity contribution in [3.05, 3.63) is 105 Å². The highest BCUT2D eigenvalue weighted by Gasteiger charge is 2.32. The third-order valence-electron chi connectivity index (χ3n) is 5.41. The van der Waals surface area contributed by atoms with Crippen molar-refractivity contribution in [1.29, 1.82) is 0 Å². The number of benzene rings is 3. The van der Waals surface area contributed by atoms with Gasteiger partial charge in [-0.05, 0) is 55.7 Å². The number of carbonyl (C=O) groups is 2. The fraction of sp³-hybridized carbons (Fsp3) is 0.286. The molecule has 0 heterocycles. The molecule has 1 atom stereocenters. The Morgan fingerprint density at radius 3 is 2.11 bits per heavy atom. The van der Waals surface area contributed by atoms with Gasteiger partial charge in [0, 0.05) is 23.5 Å². The van der Waals surface area contributed by atoms with Gasteiger partial charge in [0.25, 0.3) is 0 Å². The van der Waals surface area contributed by atoms with Gasteiger partial charge in [-0.15, -0.1) is 0 Å². The Bertz CT molecular complexity index is 1180. The third kappa shape index (κ3) is 7.99. The Hall–Kier alpha value is -2.53. The molecule has 0 saturated heterocycles. The molecule has 3 aromatic rings. The molecule has 0 saturated carbocycles. The summed E-state index contributed by atoms with van der Waals surface area (Å²) in [5, 5.41) is 4.38. The molecule has 0 fully saturated rings. The Balaban J connectivity index is 2.01. The van der Waals surface area contributed by atoms with Gasteiger partial charge in [-0.3, -0.25) is 9.59 Å².